The third kappa shape index (κ3) is 5.33. The molecule has 0 aliphatic carbocycles. The second-order valence-corrected chi connectivity index (χ2v) is 8.73. The number of H-pyrrole nitrogens is 1. The van der Waals surface area contributed by atoms with Gasteiger partial charge in [0.05, 0.1) is 25.5 Å². The third-order valence-electron chi connectivity index (χ3n) is 4.49. The first-order valence-corrected chi connectivity index (χ1v) is 10.5. The van der Waals surface area contributed by atoms with Gasteiger partial charge in [-0.2, -0.15) is 4.98 Å². The van der Waals surface area contributed by atoms with Crippen LogP contribution in [-0.4, -0.2) is 41.1 Å². The molecule has 0 aliphatic rings. The first-order valence-electron chi connectivity index (χ1n) is 9.48. The predicted octanol–water partition coefficient (Wildman–Crippen LogP) is 4.52. The molecule has 8 heteroatoms. The summed E-state index contributed by atoms with van der Waals surface area (Å²) in [5.74, 6) is 2.08. The third-order valence-corrected chi connectivity index (χ3v) is 5.50. The van der Waals surface area contributed by atoms with E-state index >= 15 is 0 Å². The van der Waals surface area contributed by atoms with Crippen molar-refractivity contribution < 1.29 is 14.3 Å². The van der Waals surface area contributed by atoms with Gasteiger partial charge in [-0.15, -0.1) is 16.9 Å². The summed E-state index contributed by atoms with van der Waals surface area (Å²) in [6.07, 6.45) is 0. The molecule has 0 aliphatic heterocycles. The topological polar surface area (TPSA) is 89.1 Å². The maximum Gasteiger partial charge on any atom is 0.249 e. The highest BCUT2D eigenvalue weighted by molar-refractivity contribution is 8.00. The first kappa shape index (κ1) is 21.7. The summed E-state index contributed by atoms with van der Waals surface area (Å²) in [4.78, 5) is 17.7. The molecule has 30 heavy (non-hydrogen) atoms. The first-order chi connectivity index (χ1) is 14.3. The Morgan fingerprint density at radius 2 is 1.83 bits per heavy atom. The Morgan fingerprint density at radius 1 is 1.10 bits per heavy atom. The molecular weight excluding hydrogens is 400 g/mol. The largest absolute Gasteiger partial charge is 0.497 e. The number of hydrogen-bond donors (Lipinski definition) is 2. The molecule has 1 heterocycles. The molecule has 3 aromatic rings. The van der Waals surface area contributed by atoms with Crippen LogP contribution in [0.3, 0.4) is 0 Å². The van der Waals surface area contributed by atoms with Crippen molar-refractivity contribution >= 4 is 23.6 Å². The molecule has 0 saturated carbocycles. The van der Waals surface area contributed by atoms with Crippen LogP contribution in [0.4, 0.5) is 5.95 Å². The number of aromatic nitrogens is 3. The number of carbonyl (C=O) groups excluding carboxylic acids is 1. The van der Waals surface area contributed by atoms with Gasteiger partial charge in [-0.1, -0.05) is 32.9 Å². The highest BCUT2D eigenvalue weighted by Gasteiger charge is 2.15. The van der Waals surface area contributed by atoms with Crippen molar-refractivity contribution in [1.29, 1.82) is 0 Å². The number of benzene rings is 2. The van der Waals surface area contributed by atoms with E-state index in [4.69, 9.17) is 9.47 Å². The Bertz CT molecular complexity index is 1010. The van der Waals surface area contributed by atoms with Crippen LogP contribution < -0.4 is 14.8 Å². The number of anilines is 1. The van der Waals surface area contributed by atoms with Crippen LogP contribution in [0.15, 0.2) is 47.4 Å². The van der Waals surface area contributed by atoms with Gasteiger partial charge in [-0.25, -0.2) is 0 Å². The van der Waals surface area contributed by atoms with E-state index in [1.54, 1.807) is 26.4 Å². The van der Waals surface area contributed by atoms with Crippen LogP contribution in [0.1, 0.15) is 26.3 Å². The smallest absolute Gasteiger partial charge is 0.249 e. The molecule has 0 radical (unpaired) electrons. The van der Waals surface area contributed by atoms with Crippen molar-refractivity contribution in [2.45, 2.75) is 31.1 Å². The van der Waals surface area contributed by atoms with Gasteiger partial charge in [-0.3, -0.25) is 15.2 Å². The van der Waals surface area contributed by atoms with E-state index in [1.807, 2.05) is 18.2 Å². The van der Waals surface area contributed by atoms with Gasteiger partial charge in [0.1, 0.15) is 11.5 Å². The zero-order valence-corrected chi connectivity index (χ0v) is 18.6. The van der Waals surface area contributed by atoms with Crippen LogP contribution in [-0.2, 0) is 10.2 Å². The summed E-state index contributed by atoms with van der Waals surface area (Å²) >= 11 is 1.47. The van der Waals surface area contributed by atoms with Gasteiger partial charge in [0.25, 0.3) is 0 Å². The van der Waals surface area contributed by atoms with Crippen molar-refractivity contribution in [3.63, 3.8) is 0 Å². The number of nitrogens with one attached hydrogen (secondary N) is 2. The van der Waals surface area contributed by atoms with Gasteiger partial charge in [0.15, 0.2) is 5.82 Å². The minimum absolute atomic E-state index is 0.108. The molecule has 2 aromatic carbocycles. The number of methoxy groups -OCH3 is 2. The summed E-state index contributed by atoms with van der Waals surface area (Å²) in [7, 11) is 3.16. The van der Waals surface area contributed by atoms with Crippen molar-refractivity contribution in [1.82, 2.24) is 15.2 Å². The fourth-order valence-electron chi connectivity index (χ4n) is 2.79. The monoisotopic (exact) mass is 426 g/mol. The Balaban J connectivity index is 1.60. The minimum atomic E-state index is -0.174. The average Bonchev–Trinajstić information content (AvgIpc) is 3.19. The second kappa shape index (κ2) is 9.21. The molecule has 0 unspecified atom stereocenters. The molecule has 0 saturated heterocycles. The highest BCUT2D eigenvalue weighted by Crippen LogP contribution is 2.31. The molecule has 0 atom stereocenters. The maximum atomic E-state index is 12.3. The van der Waals surface area contributed by atoms with Gasteiger partial charge >= 0.3 is 0 Å². The summed E-state index contributed by atoms with van der Waals surface area (Å²) in [5, 5.41) is 9.63. The average molecular weight is 427 g/mol. The molecule has 7 nitrogen and oxygen atoms in total. The number of hydrogen-bond acceptors (Lipinski definition) is 6. The lowest BCUT2D eigenvalue weighted by Crippen LogP contribution is -2.15. The van der Waals surface area contributed by atoms with Crippen LogP contribution in [0.25, 0.3) is 11.4 Å². The van der Waals surface area contributed by atoms with Crippen molar-refractivity contribution in [2.24, 2.45) is 0 Å². The van der Waals surface area contributed by atoms with Crippen LogP contribution >= 0.6 is 11.8 Å². The summed E-state index contributed by atoms with van der Waals surface area (Å²) in [5.41, 5.74) is 2.09. The van der Waals surface area contributed by atoms with Crippen LogP contribution in [0, 0.1) is 0 Å². The van der Waals surface area contributed by atoms with Crippen molar-refractivity contribution in [3.05, 3.63) is 48.0 Å². The molecule has 1 amide bonds. The summed E-state index contributed by atoms with van der Waals surface area (Å²) in [6.45, 7) is 6.53. The number of amides is 1. The molecule has 0 spiro atoms. The van der Waals surface area contributed by atoms with Crippen molar-refractivity contribution in [3.8, 4) is 22.9 Å². The van der Waals surface area contributed by atoms with E-state index in [9.17, 15) is 4.79 Å². The summed E-state index contributed by atoms with van der Waals surface area (Å²) < 4.78 is 10.6. The SMILES string of the molecule is COc1ccc(-c2nc(NC(=O)CSc3ccc(C(C)(C)C)cc3)n[nH]2)c(OC)c1. The van der Waals surface area contributed by atoms with Gasteiger partial charge in [-0.05, 0) is 35.2 Å². The number of aromatic amines is 1. The molecule has 0 bridgehead atoms. The lowest BCUT2D eigenvalue weighted by atomic mass is 9.87. The summed E-state index contributed by atoms with van der Waals surface area (Å²) in [6, 6.07) is 13.7. The number of rotatable bonds is 7. The molecule has 1 aromatic heterocycles. The van der Waals surface area contributed by atoms with Gasteiger partial charge in [0.2, 0.25) is 11.9 Å². The van der Waals surface area contributed by atoms with Gasteiger partial charge in [0, 0.05) is 11.0 Å². The van der Waals surface area contributed by atoms with E-state index in [0.717, 1.165) is 10.5 Å². The number of carbonyl (C=O) groups is 1. The zero-order chi connectivity index (χ0) is 21.7. The number of thioether (sulfide) groups is 1. The zero-order valence-electron chi connectivity index (χ0n) is 17.8. The van der Waals surface area contributed by atoms with E-state index in [0.29, 0.717) is 17.3 Å². The molecule has 0 fully saturated rings. The predicted molar refractivity (Wildman–Crippen MR) is 119 cm³/mol. The Labute approximate surface area is 180 Å². The Hall–Kier alpha value is -3.00. The van der Waals surface area contributed by atoms with E-state index in [1.165, 1.54) is 17.3 Å². The van der Waals surface area contributed by atoms with Crippen LogP contribution in [0.5, 0.6) is 11.5 Å². The Morgan fingerprint density at radius 3 is 2.47 bits per heavy atom. The fourth-order valence-corrected chi connectivity index (χ4v) is 3.49. The Kier molecular flexibility index (Phi) is 6.66. The number of nitrogens with zero attached hydrogens (tertiary/aromatic N) is 2. The number of ether oxygens (including phenoxy) is 2. The fraction of sp³-hybridized carbons (Fsp3) is 0.318. The van der Waals surface area contributed by atoms with Gasteiger partial charge < -0.3 is 9.47 Å². The van der Waals surface area contributed by atoms with Crippen molar-refractivity contribution in [2.75, 3.05) is 25.3 Å². The van der Waals surface area contributed by atoms with E-state index in [2.05, 4.69) is 53.4 Å². The normalized spacial score (nSPS) is 11.2. The van der Waals surface area contributed by atoms with Crippen LogP contribution in [0.2, 0.25) is 0 Å². The molecule has 3 rings (SSSR count). The molecule has 158 valence electrons. The van der Waals surface area contributed by atoms with E-state index < -0.39 is 0 Å². The van der Waals surface area contributed by atoms with E-state index in [-0.39, 0.29) is 23.0 Å². The minimum Gasteiger partial charge on any atom is -0.497 e. The molecular formula is C22H26N4O3S. The highest BCUT2D eigenvalue weighted by atomic mass is 32.2. The maximum absolute atomic E-state index is 12.3. The quantitative estimate of drug-likeness (QED) is 0.540. The lowest BCUT2D eigenvalue weighted by molar-refractivity contribution is -0.113. The molecule has 2 N–H and O–H groups in total. The second-order valence-electron chi connectivity index (χ2n) is 7.69. The lowest BCUT2D eigenvalue weighted by Gasteiger charge is -2.19. The standard InChI is InChI=1S/C22H26N4O3S/c1-22(2,3)14-6-9-16(10-7-14)30-13-19(27)23-21-24-20(25-26-21)17-11-8-15(28-4)12-18(17)29-5/h6-12H,13H2,1-5H3,(H2,23,24,25,26,27).